The molecule has 10 heteroatoms. The Morgan fingerprint density at radius 3 is 2.67 bits per heavy atom. The molecular weight excluding hydrogens is 519 g/mol. The van der Waals surface area contributed by atoms with Crippen LogP contribution in [0.3, 0.4) is 0 Å². The number of rotatable bonds is 11. The maximum atomic E-state index is 14.8. The van der Waals surface area contributed by atoms with Crippen LogP contribution in [-0.2, 0) is 20.9 Å². The molecule has 8 nitrogen and oxygen atoms in total. The van der Waals surface area contributed by atoms with E-state index in [1.165, 1.54) is 30.4 Å². The lowest BCUT2D eigenvalue weighted by atomic mass is 10.2. The van der Waals surface area contributed by atoms with E-state index in [-0.39, 0.29) is 17.6 Å². The number of fused-ring (bicyclic) bond motifs is 1. The van der Waals surface area contributed by atoms with Gasteiger partial charge in [0.2, 0.25) is 11.8 Å². The second kappa shape index (κ2) is 11.9. The molecule has 1 N–H and O–H groups in total. The summed E-state index contributed by atoms with van der Waals surface area (Å²) in [7, 11) is 1.61. The molecule has 39 heavy (non-hydrogen) atoms. The molecule has 2 amide bonds. The van der Waals surface area contributed by atoms with Crippen LogP contribution in [0.15, 0.2) is 54.9 Å². The SMILES string of the molecule is COCCN(Cc1ccc(-c2cc3nccc(Oc4ccc(NC(=O)CC5CC5)cc4F)c3s2)nc1)C(C)=O. The van der Waals surface area contributed by atoms with Crippen LogP contribution < -0.4 is 10.1 Å². The van der Waals surface area contributed by atoms with Gasteiger partial charge in [0, 0.05) is 63.8 Å². The molecule has 1 saturated carbocycles. The first kappa shape index (κ1) is 26.7. The summed E-state index contributed by atoms with van der Waals surface area (Å²) in [5.74, 6) is 0.304. The van der Waals surface area contributed by atoms with Gasteiger partial charge in [-0.25, -0.2) is 4.39 Å². The molecule has 0 atom stereocenters. The number of pyridine rings is 2. The van der Waals surface area contributed by atoms with Crippen LogP contribution in [-0.4, -0.2) is 46.9 Å². The smallest absolute Gasteiger partial charge is 0.224 e. The van der Waals surface area contributed by atoms with Crippen LogP contribution in [0.5, 0.6) is 11.5 Å². The third-order valence-electron chi connectivity index (χ3n) is 6.44. The summed E-state index contributed by atoms with van der Waals surface area (Å²) < 4.78 is 26.6. The van der Waals surface area contributed by atoms with Crippen LogP contribution in [0.2, 0.25) is 0 Å². The number of ether oxygens (including phenoxy) is 2. The highest BCUT2D eigenvalue weighted by molar-refractivity contribution is 7.22. The largest absolute Gasteiger partial charge is 0.453 e. The third kappa shape index (κ3) is 6.76. The Labute approximate surface area is 229 Å². The minimum Gasteiger partial charge on any atom is -0.453 e. The molecule has 1 aromatic carbocycles. The van der Waals surface area contributed by atoms with Gasteiger partial charge in [-0.3, -0.25) is 19.6 Å². The zero-order chi connectivity index (χ0) is 27.4. The summed E-state index contributed by atoms with van der Waals surface area (Å²) in [6, 6.07) is 11.9. The van der Waals surface area contributed by atoms with Gasteiger partial charge in [-0.1, -0.05) is 6.07 Å². The molecule has 5 rings (SSSR count). The quantitative estimate of drug-likeness (QED) is 0.246. The van der Waals surface area contributed by atoms with E-state index in [9.17, 15) is 14.0 Å². The van der Waals surface area contributed by atoms with E-state index < -0.39 is 5.82 Å². The maximum absolute atomic E-state index is 14.8. The summed E-state index contributed by atoms with van der Waals surface area (Å²) in [5, 5.41) is 2.75. The lowest BCUT2D eigenvalue weighted by Gasteiger charge is -2.20. The average molecular weight is 549 g/mol. The number of anilines is 1. The zero-order valence-corrected chi connectivity index (χ0v) is 22.6. The molecule has 0 bridgehead atoms. The van der Waals surface area contributed by atoms with Gasteiger partial charge in [0.25, 0.3) is 0 Å². The zero-order valence-electron chi connectivity index (χ0n) is 21.8. The van der Waals surface area contributed by atoms with Crippen LogP contribution >= 0.6 is 11.3 Å². The summed E-state index contributed by atoms with van der Waals surface area (Å²) in [5.41, 5.74) is 2.79. The van der Waals surface area contributed by atoms with Crippen molar-refractivity contribution in [3.8, 4) is 22.1 Å². The Bertz CT molecular complexity index is 1490. The first-order valence-corrected chi connectivity index (χ1v) is 13.6. The fourth-order valence-electron chi connectivity index (χ4n) is 4.13. The van der Waals surface area contributed by atoms with Gasteiger partial charge in [-0.05, 0) is 48.6 Å². The van der Waals surface area contributed by atoms with Crippen molar-refractivity contribution in [1.29, 1.82) is 0 Å². The summed E-state index contributed by atoms with van der Waals surface area (Å²) in [6.45, 7) is 2.97. The van der Waals surface area contributed by atoms with Gasteiger partial charge in [-0.2, -0.15) is 0 Å². The molecule has 3 aromatic heterocycles. The van der Waals surface area contributed by atoms with Crippen molar-refractivity contribution in [1.82, 2.24) is 14.9 Å². The van der Waals surface area contributed by atoms with E-state index in [2.05, 4.69) is 15.3 Å². The van der Waals surface area contributed by atoms with Crippen molar-refractivity contribution in [3.05, 3.63) is 66.2 Å². The number of nitrogens with zero attached hydrogens (tertiary/aromatic N) is 3. The van der Waals surface area contributed by atoms with Crippen molar-refractivity contribution in [2.24, 2.45) is 5.92 Å². The number of hydrogen-bond donors (Lipinski definition) is 1. The minimum atomic E-state index is -0.566. The molecule has 0 radical (unpaired) electrons. The van der Waals surface area contributed by atoms with Crippen LogP contribution in [0, 0.1) is 11.7 Å². The Kier molecular flexibility index (Phi) is 8.13. The molecule has 0 aliphatic heterocycles. The molecule has 1 aliphatic carbocycles. The standard InChI is InChI=1S/C29H29FN4O4S/c1-18(35)34(11-12-37-2)17-20-5-7-23(32-16-20)27-15-24-29(39-27)26(9-10-31-24)38-25-8-6-21(14-22(25)30)33-28(36)13-19-3-4-19/h5-10,14-16,19H,3-4,11-13,17H2,1-2H3,(H,33,36). The Morgan fingerprint density at radius 1 is 1.13 bits per heavy atom. The van der Waals surface area contributed by atoms with E-state index >= 15 is 0 Å². The van der Waals surface area contributed by atoms with E-state index in [4.69, 9.17) is 9.47 Å². The number of hydrogen-bond acceptors (Lipinski definition) is 7. The lowest BCUT2D eigenvalue weighted by Crippen LogP contribution is -2.31. The molecule has 3 heterocycles. The van der Waals surface area contributed by atoms with Crippen LogP contribution in [0.1, 0.15) is 31.7 Å². The third-order valence-corrected chi connectivity index (χ3v) is 7.60. The van der Waals surface area contributed by atoms with Gasteiger partial charge in [-0.15, -0.1) is 11.3 Å². The second-order valence-electron chi connectivity index (χ2n) is 9.56. The maximum Gasteiger partial charge on any atom is 0.224 e. The molecule has 1 aliphatic rings. The van der Waals surface area contributed by atoms with Crippen molar-refractivity contribution in [2.45, 2.75) is 32.7 Å². The topological polar surface area (TPSA) is 93.7 Å². The number of aromatic nitrogens is 2. The predicted octanol–water partition coefficient (Wildman–Crippen LogP) is 6.02. The van der Waals surface area contributed by atoms with Crippen molar-refractivity contribution < 1.29 is 23.5 Å². The fourth-order valence-corrected chi connectivity index (χ4v) is 5.17. The normalized spacial score (nSPS) is 12.9. The molecular formula is C29H29FN4O4S. The number of benzene rings is 1. The molecule has 1 fully saturated rings. The van der Waals surface area contributed by atoms with Gasteiger partial charge in [0.1, 0.15) is 5.75 Å². The van der Waals surface area contributed by atoms with Crippen molar-refractivity contribution in [2.75, 3.05) is 25.6 Å². The second-order valence-corrected chi connectivity index (χ2v) is 10.6. The minimum absolute atomic E-state index is 0.0244. The van der Waals surface area contributed by atoms with E-state index in [1.807, 2.05) is 18.2 Å². The van der Waals surface area contributed by atoms with Crippen LogP contribution in [0.25, 0.3) is 20.8 Å². The highest BCUT2D eigenvalue weighted by atomic mass is 32.1. The number of amides is 2. The van der Waals surface area contributed by atoms with E-state index in [1.54, 1.807) is 36.5 Å². The predicted molar refractivity (Wildman–Crippen MR) is 148 cm³/mol. The summed E-state index contributed by atoms with van der Waals surface area (Å²) in [6.07, 6.45) is 6.00. The number of halogens is 1. The number of thiophene rings is 1. The van der Waals surface area contributed by atoms with Crippen molar-refractivity contribution in [3.63, 3.8) is 0 Å². The van der Waals surface area contributed by atoms with Crippen LogP contribution in [0.4, 0.5) is 10.1 Å². The molecule has 0 saturated heterocycles. The Balaban J connectivity index is 1.30. The number of carbonyl (C=O) groups is 2. The van der Waals surface area contributed by atoms with Gasteiger partial charge < -0.3 is 19.7 Å². The Morgan fingerprint density at radius 2 is 1.97 bits per heavy atom. The molecule has 4 aromatic rings. The van der Waals surface area contributed by atoms with E-state index in [0.717, 1.165) is 33.7 Å². The Hall–Kier alpha value is -3.89. The first-order valence-electron chi connectivity index (χ1n) is 12.7. The molecule has 0 spiro atoms. The molecule has 0 unspecified atom stereocenters. The average Bonchev–Trinajstić information content (AvgIpc) is 3.61. The molecule has 202 valence electrons. The first-order chi connectivity index (χ1) is 18.9. The summed E-state index contributed by atoms with van der Waals surface area (Å²) >= 11 is 1.45. The number of nitrogens with one attached hydrogen (secondary N) is 1. The van der Waals surface area contributed by atoms with E-state index in [0.29, 0.717) is 49.0 Å². The van der Waals surface area contributed by atoms with Gasteiger partial charge in [0.15, 0.2) is 11.6 Å². The van der Waals surface area contributed by atoms with Gasteiger partial charge in [0.05, 0.1) is 27.4 Å². The number of methoxy groups -OCH3 is 1. The highest BCUT2D eigenvalue weighted by Crippen LogP contribution is 2.39. The van der Waals surface area contributed by atoms with Gasteiger partial charge >= 0.3 is 0 Å². The monoisotopic (exact) mass is 548 g/mol. The fraction of sp³-hybridized carbons (Fsp3) is 0.310. The highest BCUT2D eigenvalue weighted by Gasteiger charge is 2.24. The number of carbonyl (C=O) groups excluding carboxylic acids is 2. The lowest BCUT2D eigenvalue weighted by molar-refractivity contribution is -0.130. The van der Waals surface area contributed by atoms with Crippen molar-refractivity contribution >= 4 is 39.1 Å². The summed E-state index contributed by atoms with van der Waals surface area (Å²) in [4.78, 5) is 35.6.